The minimum atomic E-state index is -0.806. The molecule has 0 spiro atoms. The quantitative estimate of drug-likeness (QED) is 0.0245. The van der Waals surface area contributed by atoms with Gasteiger partial charge in [-0.2, -0.15) is 0 Å². The van der Waals surface area contributed by atoms with Crippen LogP contribution in [0.3, 0.4) is 0 Å². The second-order valence-electron chi connectivity index (χ2n) is 17.3. The Hall–Kier alpha value is -2.96. The minimum Gasteiger partial charge on any atom is -0.462 e. The van der Waals surface area contributed by atoms with Gasteiger partial charge in [0, 0.05) is 6.42 Å². The first-order valence-electron chi connectivity index (χ1n) is 25.9. The van der Waals surface area contributed by atoms with E-state index in [0.717, 1.165) is 64.2 Å². The molecule has 356 valence electrons. The van der Waals surface area contributed by atoms with E-state index in [2.05, 4.69) is 56.5 Å². The van der Waals surface area contributed by atoms with Crippen LogP contribution in [0.2, 0.25) is 0 Å². The van der Waals surface area contributed by atoms with Gasteiger partial charge < -0.3 is 20.3 Å². The Bertz CT molecular complexity index is 1200. The number of ether oxygens (including phenoxy) is 1. The van der Waals surface area contributed by atoms with Gasteiger partial charge in [0.05, 0.1) is 25.2 Å². The van der Waals surface area contributed by atoms with Crippen LogP contribution in [0.4, 0.5) is 0 Å². The van der Waals surface area contributed by atoms with Crippen molar-refractivity contribution in [2.45, 2.75) is 251 Å². The lowest BCUT2D eigenvalue weighted by molar-refractivity contribution is -0.151. The monoisotopic (exact) mass is 864 g/mol. The second kappa shape index (κ2) is 49.1. The van der Waals surface area contributed by atoms with Crippen molar-refractivity contribution >= 4 is 11.9 Å². The topological polar surface area (TPSA) is 95.9 Å². The predicted octanol–water partition coefficient (Wildman–Crippen LogP) is 15.6. The van der Waals surface area contributed by atoms with Gasteiger partial charge >= 0.3 is 5.97 Å². The lowest BCUT2D eigenvalue weighted by Gasteiger charge is -2.24. The number of hydrogen-bond donors (Lipinski definition) is 3. The summed E-state index contributed by atoms with van der Waals surface area (Å²) in [6.45, 7) is 6.29. The Kier molecular flexibility index (Phi) is 46.7. The molecule has 0 saturated carbocycles. The summed E-state index contributed by atoms with van der Waals surface area (Å²) >= 11 is 0. The zero-order valence-electron chi connectivity index (χ0n) is 40.5. The Morgan fingerprint density at radius 2 is 0.935 bits per heavy atom. The molecule has 0 bridgehead atoms. The third-order valence-corrected chi connectivity index (χ3v) is 11.3. The van der Waals surface area contributed by atoms with E-state index in [4.69, 9.17) is 4.74 Å². The van der Waals surface area contributed by atoms with E-state index in [1.165, 1.54) is 116 Å². The molecule has 1 amide bonds. The van der Waals surface area contributed by atoms with E-state index in [1.54, 1.807) is 0 Å². The molecule has 0 radical (unpaired) electrons. The zero-order chi connectivity index (χ0) is 45.2. The van der Waals surface area contributed by atoms with Gasteiger partial charge in [0.25, 0.3) is 0 Å². The fourth-order valence-electron chi connectivity index (χ4n) is 7.43. The van der Waals surface area contributed by atoms with Crippen molar-refractivity contribution in [1.82, 2.24) is 5.32 Å². The van der Waals surface area contributed by atoms with Crippen LogP contribution in [-0.4, -0.2) is 46.9 Å². The number of carbonyl (C=O) groups is 2. The van der Waals surface area contributed by atoms with Gasteiger partial charge in [-0.05, 0) is 70.6 Å². The SMILES string of the molecule is CC/C=C/C=C/C=C\C=C/C=C/CCCC(=O)OC(CCCCCCCCC/C=C\C/C=C\CCCCC)CC(=O)NC(CO)C(O)CCCCCCCCCCCCCCC. The third-order valence-electron chi connectivity index (χ3n) is 11.3. The molecule has 0 heterocycles. The van der Waals surface area contributed by atoms with E-state index >= 15 is 0 Å². The number of amides is 1. The van der Waals surface area contributed by atoms with Crippen LogP contribution in [0, 0.1) is 0 Å². The minimum absolute atomic E-state index is 0.0398. The van der Waals surface area contributed by atoms with Gasteiger partial charge in [0.1, 0.15) is 6.10 Å². The summed E-state index contributed by atoms with van der Waals surface area (Å²) in [4.78, 5) is 26.1. The number of allylic oxidation sites excluding steroid dienone is 14. The molecule has 3 atom stereocenters. The number of aliphatic hydroxyl groups excluding tert-OH is 2. The van der Waals surface area contributed by atoms with Crippen LogP contribution in [0.15, 0.2) is 85.1 Å². The normalized spacial score (nSPS) is 14.0. The summed E-state index contributed by atoms with van der Waals surface area (Å²) in [5.41, 5.74) is 0. The van der Waals surface area contributed by atoms with Gasteiger partial charge in [0.15, 0.2) is 0 Å². The molecule has 62 heavy (non-hydrogen) atoms. The molecule has 0 aromatic rings. The maximum absolute atomic E-state index is 13.2. The van der Waals surface area contributed by atoms with E-state index in [0.29, 0.717) is 25.7 Å². The Labute approximate surface area is 383 Å². The van der Waals surface area contributed by atoms with Crippen molar-refractivity contribution < 1.29 is 24.5 Å². The summed E-state index contributed by atoms with van der Waals surface area (Å²) in [5, 5.41) is 23.8. The molecular weight excluding hydrogens is 767 g/mol. The van der Waals surface area contributed by atoms with Gasteiger partial charge in [-0.1, -0.05) is 234 Å². The van der Waals surface area contributed by atoms with Crippen LogP contribution >= 0.6 is 0 Å². The standard InChI is InChI=1S/C56H97NO5/c1-4-7-10-13-16-19-22-25-26-27-28-31-32-35-38-41-44-47-52(62-56(61)49-46-43-40-37-34-30-24-21-18-15-12-9-6-3)50-55(60)57-53(51-58)54(59)48-45-42-39-36-33-29-23-20-17-14-11-8-5-2/h9,12,15-16,18-19,21,24-26,30,34,37,40,52-54,58-59H,4-8,10-11,13-14,17,20,22-23,27-29,31-33,35-36,38-39,41-51H2,1-3H3,(H,57,60)/b12-9+,18-15+,19-16-,24-21-,26-25-,34-30-,40-37+. The summed E-state index contributed by atoms with van der Waals surface area (Å²) in [6.07, 6.45) is 63.6. The molecule has 0 saturated heterocycles. The molecule has 0 aromatic heterocycles. The highest BCUT2D eigenvalue weighted by Crippen LogP contribution is 2.17. The first kappa shape index (κ1) is 59.0. The van der Waals surface area contributed by atoms with Crippen molar-refractivity contribution in [1.29, 1.82) is 0 Å². The second-order valence-corrected chi connectivity index (χ2v) is 17.3. The van der Waals surface area contributed by atoms with E-state index in [1.807, 2.05) is 54.7 Å². The van der Waals surface area contributed by atoms with Crippen LogP contribution in [0.1, 0.15) is 233 Å². The summed E-state index contributed by atoms with van der Waals surface area (Å²) in [6, 6.07) is -0.723. The fraction of sp³-hybridized carbons (Fsp3) is 0.714. The molecular formula is C56H97NO5. The van der Waals surface area contributed by atoms with Gasteiger partial charge in [-0.15, -0.1) is 0 Å². The van der Waals surface area contributed by atoms with Crippen molar-refractivity contribution in [2.24, 2.45) is 0 Å². The number of rotatable bonds is 45. The first-order chi connectivity index (χ1) is 30.5. The predicted molar refractivity (Wildman–Crippen MR) is 268 cm³/mol. The molecule has 0 rings (SSSR count). The number of carbonyl (C=O) groups excluding carboxylic acids is 2. The average molecular weight is 864 g/mol. The maximum atomic E-state index is 13.2. The third kappa shape index (κ3) is 43.7. The van der Waals surface area contributed by atoms with Gasteiger partial charge in [0.2, 0.25) is 5.91 Å². The van der Waals surface area contributed by atoms with E-state index in [-0.39, 0.29) is 24.9 Å². The van der Waals surface area contributed by atoms with Gasteiger partial charge in [-0.3, -0.25) is 9.59 Å². The number of unbranched alkanes of at least 4 members (excludes halogenated alkanes) is 23. The Balaban J connectivity index is 4.71. The molecule has 6 heteroatoms. The highest BCUT2D eigenvalue weighted by molar-refractivity contribution is 5.77. The molecule has 3 unspecified atom stereocenters. The fourth-order valence-corrected chi connectivity index (χ4v) is 7.43. The Morgan fingerprint density at radius 1 is 0.500 bits per heavy atom. The number of hydrogen-bond acceptors (Lipinski definition) is 5. The van der Waals surface area contributed by atoms with Crippen molar-refractivity contribution in [3.8, 4) is 0 Å². The van der Waals surface area contributed by atoms with Crippen LogP contribution in [-0.2, 0) is 14.3 Å². The van der Waals surface area contributed by atoms with Crippen LogP contribution in [0.5, 0.6) is 0 Å². The Morgan fingerprint density at radius 3 is 1.47 bits per heavy atom. The highest BCUT2D eigenvalue weighted by Gasteiger charge is 2.24. The smallest absolute Gasteiger partial charge is 0.306 e. The molecule has 0 aromatic carbocycles. The number of esters is 1. The average Bonchev–Trinajstić information content (AvgIpc) is 3.26. The van der Waals surface area contributed by atoms with Crippen LogP contribution < -0.4 is 5.32 Å². The lowest BCUT2D eigenvalue weighted by Crippen LogP contribution is -2.46. The molecule has 0 aliphatic heterocycles. The zero-order valence-corrected chi connectivity index (χ0v) is 40.5. The number of aliphatic hydroxyl groups is 2. The molecule has 0 aliphatic rings. The summed E-state index contributed by atoms with van der Waals surface area (Å²) in [7, 11) is 0. The van der Waals surface area contributed by atoms with Crippen molar-refractivity contribution in [3.63, 3.8) is 0 Å². The van der Waals surface area contributed by atoms with E-state index in [9.17, 15) is 19.8 Å². The highest BCUT2D eigenvalue weighted by atomic mass is 16.5. The van der Waals surface area contributed by atoms with E-state index < -0.39 is 18.2 Å². The molecule has 6 nitrogen and oxygen atoms in total. The van der Waals surface area contributed by atoms with Crippen molar-refractivity contribution in [3.05, 3.63) is 85.1 Å². The lowest BCUT2D eigenvalue weighted by atomic mass is 10.0. The molecule has 0 fully saturated rings. The van der Waals surface area contributed by atoms with Crippen LogP contribution in [0.25, 0.3) is 0 Å². The maximum Gasteiger partial charge on any atom is 0.306 e. The summed E-state index contributed by atoms with van der Waals surface area (Å²) < 4.78 is 5.89. The van der Waals surface area contributed by atoms with Gasteiger partial charge in [-0.25, -0.2) is 0 Å². The summed E-state index contributed by atoms with van der Waals surface area (Å²) in [5.74, 6) is -0.572. The largest absolute Gasteiger partial charge is 0.462 e. The molecule has 0 aliphatic carbocycles. The molecule has 3 N–H and O–H groups in total. The first-order valence-corrected chi connectivity index (χ1v) is 25.9. The number of nitrogens with one attached hydrogen (secondary N) is 1. The van der Waals surface area contributed by atoms with Crippen molar-refractivity contribution in [2.75, 3.05) is 6.61 Å².